The summed E-state index contributed by atoms with van der Waals surface area (Å²) in [5, 5.41) is 1.32. The summed E-state index contributed by atoms with van der Waals surface area (Å²) in [4.78, 5) is 16.5. The van der Waals surface area contributed by atoms with E-state index in [-0.39, 0.29) is 17.4 Å². The quantitative estimate of drug-likeness (QED) is 0.391. The molecule has 0 fully saturated rings. The predicted octanol–water partition coefficient (Wildman–Crippen LogP) is 5.60. The predicted molar refractivity (Wildman–Crippen MR) is 102 cm³/mol. The third-order valence-electron chi connectivity index (χ3n) is 3.36. The molecule has 0 aliphatic rings. The van der Waals surface area contributed by atoms with Gasteiger partial charge in [0.05, 0.1) is 10.0 Å². The number of nitrogens with zero attached hydrogens (tertiary/aromatic N) is 1. The Balaban J connectivity index is 1.81. The van der Waals surface area contributed by atoms with E-state index in [0.717, 1.165) is 10.2 Å². The lowest BCUT2D eigenvalue weighted by molar-refractivity contribution is -0.136. The SMILES string of the molecule is Cc1ccc2c(Cl)cc(Cl)c(OC(=O)COc3ccc(Br)cc3)c2n1. The van der Waals surface area contributed by atoms with Crippen molar-refractivity contribution in [2.75, 3.05) is 6.61 Å². The van der Waals surface area contributed by atoms with E-state index in [9.17, 15) is 4.79 Å². The first-order valence-corrected chi connectivity index (χ1v) is 8.83. The van der Waals surface area contributed by atoms with Crippen LogP contribution in [0.25, 0.3) is 10.9 Å². The van der Waals surface area contributed by atoms with Gasteiger partial charge in [0.25, 0.3) is 0 Å². The first kappa shape index (κ1) is 18.0. The molecule has 0 aliphatic carbocycles. The van der Waals surface area contributed by atoms with Crippen LogP contribution < -0.4 is 9.47 Å². The molecule has 128 valence electrons. The molecule has 0 atom stereocenters. The Kier molecular flexibility index (Phi) is 5.47. The van der Waals surface area contributed by atoms with E-state index in [0.29, 0.717) is 21.7 Å². The van der Waals surface area contributed by atoms with Crippen molar-refractivity contribution in [1.82, 2.24) is 4.98 Å². The zero-order chi connectivity index (χ0) is 18.0. The van der Waals surface area contributed by atoms with Crippen LogP contribution >= 0.6 is 39.1 Å². The molecule has 0 aliphatic heterocycles. The standard InChI is InChI=1S/C18H12BrCl2NO3/c1-10-2-7-13-14(20)8-15(21)18(17(13)22-10)25-16(23)9-24-12-5-3-11(19)4-6-12/h2-8H,9H2,1H3. The molecule has 0 bridgehead atoms. The maximum atomic E-state index is 12.1. The third kappa shape index (κ3) is 4.24. The van der Waals surface area contributed by atoms with Gasteiger partial charge in [0, 0.05) is 15.6 Å². The highest BCUT2D eigenvalue weighted by Crippen LogP contribution is 2.37. The minimum Gasteiger partial charge on any atom is -0.482 e. The first-order valence-electron chi connectivity index (χ1n) is 7.28. The van der Waals surface area contributed by atoms with E-state index in [1.165, 1.54) is 6.07 Å². The Morgan fingerprint density at radius 2 is 1.84 bits per heavy atom. The number of ether oxygens (including phenoxy) is 2. The summed E-state index contributed by atoms with van der Waals surface area (Å²) in [7, 11) is 0. The van der Waals surface area contributed by atoms with E-state index in [1.54, 1.807) is 12.1 Å². The minimum atomic E-state index is -0.586. The van der Waals surface area contributed by atoms with Crippen molar-refractivity contribution in [2.24, 2.45) is 0 Å². The lowest BCUT2D eigenvalue weighted by atomic mass is 10.2. The topological polar surface area (TPSA) is 48.4 Å². The smallest absolute Gasteiger partial charge is 0.349 e. The van der Waals surface area contributed by atoms with Crippen LogP contribution in [0.3, 0.4) is 0 Å². The summed E-state index contributed by atoms with van der Waals surface area (Å²) in [6.07, 6.45) is 0. The monoisotopic (exact) mass is 439 g/mol. The van der Waals surface area contributed by atoms with Crippen LogP contribution in [-0.2, 0) is 4.79 Å². The van der Waals surface area contributed by atoms with E-state index in [4.69, 9.17) is 32.7 Å². The molecule has 0 spiro atoms. The van der Waals surface area contributed by atoms with E-state index in [2.05, 4.69) is 20.9 Å². The zero-order valence-corrected chi connectivity index (χ0v) is 16.2. The molecule has 3 aromatic rings. The van der Waals surface area contributed by atoms with Gasteiger partial charge in [-0.25, -0.2) is 9.78 Å². The maximum absolute atomic E-state index is 12.1. The van der Waals surface area contributed by atoms with Gasteiger partial charge < -0.3 is 9.47 Å². The maximum Gasteiger partial charge on any atom is 0.349 e. The van der Waals surface area contributed by atoms with Crippen LogP contribution in [0.5, 0.6) is 11.5 Å². The number of fused-ring (bicyclic) bond motifs is 1. The summed E-state index contributed by atoms with van der Waals surface area (Å²) in [6.45, 7) is 1.57. The molecule has 4 nitrogen and oxygen atoms in total. The number of benzene rings is 2. The van der Waals surface area contributed by atoms with Gasteiger partial charge in [0.15, 0.2) is 12.4 Å². The summed E-state index contributed by atoms with van der Waals surface area (Å²) < 4.78 is 11.7. The van der Waals surface area contributed by atoms with Gasteiger partial charge in [-0.1, -0.05) is 39.1 Å². The van der Waals surface area contributed by atoms with Crippen molar-refractivity contribution in [3.8, 4) is 11.5 Å². The Morgan fingerprint density at radius 1 is 1.12 bits per heavy atom. The van der Waals surface area contributed by atoms with E-state index < -0.39 is 5.97 Å². The number of carbonyl (C=O) groups is 1. The Labute approximate surface area is 162 Å². The minimum absolute atomic E-state index is 0.175. The first-order chi connectivity index (χ1) is 11.9. The second-order valence-electron chi connectivity index (χ2n) is 5.23. The van der Waals surface area contributed by atoms with Crippen LogP contribution in [-0.4, -0.2) is 17.6 Å². The highest BCUT2D eigenvalue weighted by atomic mass is 79.9. The van der Waals surface area contributed by atoms with Crippen molar-refractivity contribution in [3.63, 3.8) is 0 Å². The lowest BCUT2D eigenvalue weighted by Gasteiger charge is -2.11. The highest BCUT2D eigenvalue weighted by Gasteiger charge is 2.17. The van der Waals surface area contributed by atoms with Gasteiger partial charge in [-0.05, 0) is 49.4 Å². The van der Waals surface area contributed by atoms with E-state index >= 15 is 0 Å². The number of hydrogen-bond donors (Lipinski definition) is 0. The number of carbonyl (C=O) groups excluding carboxylic acids is 1. The van der Waals surface area contributed by atoms with Crippen molar-refractivity contribution in [2.45, 2.75) is 6.92 Å². The summed E-state index contributed by atoms with van der Waals surface area (Å²) in [6, 6.07) is 12.3. The summed E-state index contributed by atoms with van der Waals surface area (Å²) in [5.41, 5.74) is 1.20. The molecule has 0 saturated carbocycles. The average molecular weight is 441 g/mol. The van der Waals surface area contributed by atoms with Gasteiger partial charge in [0.1, 0.15) is 11.3 Å². The molecule has 1 heterocycles. The fraction of sp³-hybridized carbons (Fsp3) is 0.111. The van der Waals surface area contributed by atoms with Gasteiger partial charge in [-0.2, -0.15) is 0 Å². The molecule has 25 heavy (non-hydrogen) atoms. The number of rotatable bonds is 4. The Bertz CT molecular complexity index is 945. The molecular formula is C18H12BrCl2NO3. The summed E-state index contributed by atoms with van der Waals surface area (Å²) in [5.74, 6) is 0.145. The molecule has 1 aromatic heterocycles. The second kappa shape index (κ2) is 7.60. The van der Waals surface area contributed by atoms with Crippen LogP contribution in [0.2, 0.25) is 10.0 Å². The van der Waals surface area contributed by atoms with Crippen molar-refractivity contribution in [3.05, 3.63) is 62.7 Å². The fourth-order valence-electron chi connectivity index (χ4n) is 2.20. The van der Waals surface area contributed by atoms with E-state index in [1.807, 2.05) is 31.2 Å². The molecule has 7 heteroatoms. The molecule has 0 N–H and O–H groups in total. The molecule has 0 radical (unpaired) electrons. The van der Waals surface area contributed by atoms with Crippen molar-refractivity contribution in [1.29, 1.82) is 0 Å². The van der Waals surface area contributed by atoms with Gasteiger partial charge in [0.2, 0.25) is 0 Å². The Morgan fingerprint density at radius 3 is 2.56 bits per heavy atom. The zero-order valence-electron chi connectivity index (χ0n) is 13.1. The van der Waals surface area contributed by atoms with Crippen LogP contribution in [0.15, 0.2) is 46.9 Å². The van der Waals surface area contributed by atoms with Gasteiger partial charge in [-0.3, -0.25) is 0 Å². The van der Waals surface area contributed by atoms with Crippen molar-refractivity contribution < 1.29 is 14.3 Å². The fourth-order valence-corrected chi connectivity index (χ4v) is 3.02. The van der Waals surface area contributed by atoms with Crippen LogP contribution in [0.4, 0.5) is 0 Å². The molecule has 0 saturated heterocycles. The van der Waals surface area contributed by atoms with Crippen LogP contribution in [0.1, 0.15) is 5.69 Å². The second-order valence-corrected chi connectivity index (χ2v) is 6.96. The molecular weight excluding hydrogens is 429 g/mol. The number of aromatic nitrogens is 1. The van der Waals surface area contributed by atoms with Crippen LogP contribution in [0, 0.1) is 6.92 Å². The molecule has 3 rings (SSSR count). The number of hydrogen-bond acceptors (Lipinski definition) is 4. The third-order valence-corrected chi connectivity index (χ3v) is 4.49. The normalized spacial score (nSPS) is 10.7. The average Bonchev–Trinajstić information content (AvgIpc) is 2.58. The largest absolute Gasteiger partial charge is 0.482 e. The van der Waals surface area contributed by atoms with Gasteiger partial charge >= 0.3 is 5.97 Å². The number of esters is 1. The molecule has 2 aromatic carbocycles. The molecule has 0 amide bonds. The van der Waals surface area contributed by atoms with Crippen molar-refractivity contribution >= 4 is 56.0 Å². The lowest BCUT2D eigenvalue weighted by Crippen LogP contribution is -2.18. The molecule has 0 unspecified atom stereocenters. The Hall–Kier alpha value is -1.82. The van der Waals surface area contributed by atoms with Gasteiger partial charge in [-0.15, -0.1) is 0 Å². The number of pyridine rings is 1. The number of halogens is 3. The summed E-state index contributed by atoms with van der Waals surface area (Å²) >= 11 is 15.7. The number of aryl methyl sites for hydroxylation is 1. The highest BCUT2D eigenvalue weighted by molar-refractivity contribution is 9.10.